The van der Waals surface area contributed by atoms with Crippen molar-refractivity contribution >= 4 is 5.78 Å². The number of rotatable bonds is 3. The number of aliphatic hydroxyl groups excluding tert-OH is 1. The summed E-state index contributed by atoms with van der Waals surface area (Å²) in [6.07, 6.45) is 8.98. The van der Waals surface area contributed by atoms with Crippen molar-refractivity contribution in [1.29, 1.82) is 0 Å². The number of carbonyl (C=O) groups excluding carboxylic acids is 1. The molecule has 4 rings (SSSR count). The number of carbonyl (C=O) groups is 1. The molecule has 0 aromatic carbocycles. The lowest BCUT2D eigenvalue weighted by molar-refractivity contribution is -0.129. The van der Waals surface area contributed by atoms with E-state index in [4.69, 9.17) is 0 Å². The molecule has 0 amide bonds. The Morgan fingerprint density at radius 2 is 1.54 bits per heavy atom. The molecule has 136 valence electrons. The standard InChI is InChI=1S/C20H31FO3/c21-11-20(24)8-7-13-12(9-20)1-2-15-14(13)3-4-17-16(15)5-6-18(17)19(23)10-22/h12-18,22,24H,1-11H2/t12-,13+,14-,15-,16+,17+,18+,20-/m1/s1. The zero-order chi connectivity index (χ0) is 16.9. The van der Waals surface area contributed by atoms with Crippen LogP contribution in [0.25, 0.3) is 0 Å². The van der Waals surface area contributed by atoms with Crippen LogP contribution in [-0.2, 0) is 4.79 Å². The predicted molar refractivity (Wildman–Crippen MR) is 89.0 cm³/mol. The van der Waals surface area contributed by atoms with Crippen molar-refractivity contribution in [3.05, 3.63) is 0 Å². The van der Waals surface area contributed by atoms with Crippen molar-refractivity contribution in [2.24, 2.45) is 41.4 Å². The molecular weight excluding hydrogens is 307 g/mol. The Morgan fingerprint density at radius 1 is 0.917 bits per heavy atom. The molecule has 0 saturated heterocycles. The number of hydrogen-bond donors (Lipinski definition) is 2. The highest BCUT2D eigenvalue weighted by atomic mass is 19.1. The van der Waals surface area contributed by atoms with Crippen LogP contribution in [0.2, 0.25) is 0 Å². The lowest BCUT2D eigenvalue weighted by Gasteiger charge is -2.54. The zero-order valence-electron chi connectivity index (χ0n) is 14.5. The third-order valence-corrected chi connectivity index (χ3v) is 8.24. The Balaban J connectivity index is 1.48. The van der Waals surface area contributed by atoms with Crippen molar-refractivity contribution in [3.63, 3.8) is 0 Å². The molecule has 0 spiro atoms. The Labute approximate surface area is 144 Å². The molecule has 0 aromatic rings. The molecule has 0 radical (unpaired) electrons. The molecule has 4 fully saturated rings. The molecule has 0 unspecified atom stereocenters. The van der Waals surface area contributed by atoms with Crippen molar-refractivity contribution in [2.45, 2.75) is 63.4 Å². The molecule has 0 aliphatic heterocycles. The molecule has 4 saturated carbocycles. The first-order valence-corrected chi connectivity index (χ1v) is 9.98. The summed E-state index contributed by atoms with van der Waals surface area (Å²) in [4.78, 5) is 12.0. The fraction of sp³-hybridized carbons (Fsp3) is 0.950. The van der Waals surface area contributed by atoms with E-state index in [-0.39, 0.29) is 18.3 Å². The lowest BCUT2D eigenvalue weighted by Crippen LogP contribution is -2.49. The number of hydrogen-bond acceptors (Lipinski definition) is 3. The van der Waals surface area contributed by atoms with E-state index in [9.17, 15) is 19.4 Å². The highest BCUT2D eigenvalue weighted by molar-refractivity contribution is 5.82. The number of halogens is 1. The van der Waals surface area contributed by atoms with Gasteiger partial charge in [-0.25, -0.2) is 4.39 Å². The van der Waals surface area contributed by atoms with Crippen LogP contribution < -0.4 is 0 Å². The molecule has 4 aliphatic carbocycles. The lowest BCUT2D eigenvalue weighted by atomic mass is 9.52. The Morgan fingerprint density at radius 3 is 2.29 bits per heavy atom. The zero-order valence-corrected chi connectivity index (χ0v) is 14.5. The summed E-state index contributed by atoms with van der Waals surface area (Å²) in [6.45, 7) is -0.894. The quantitative estimate of drug-likeness (QED) is 0.831. The van der Waals surface area contributed by atoms with Crippen molar-refractivity contribution in [2.75, 3.05) is 13.3 Å². The van der Waals surface area contributed by atoms with Gasteiger partial charge in [-0.2, -0.15) is 0 Å². The van der Waals surface area contributed by atoms with Crippen molar-refractivity contribution in [1.82, 2.24) is 0 Å². The second kappa shape index (κ2) is 6.35. The first-order valence-electron chi connectivity index (χ1n) is 9.98. The van der Waals surface area contributed by atoms with Crippen LogP contribution in [0.1, 0.15) is 57.8 Å². The van der Waals surface area contributed by atoms with Crippen molar-refractivity contribution in [3.8, 4) is 0 Å². The fourth-order valence-electron chi connectivity index (χ4n) is 7.26. The summed E-state index contributed by atoms with van der Waals surface area (Å²) in [5.41, 5.74) is -1.06. The largest absolute Gasteiger partial charge is 0.389 e. The maximum Gasteiger partial charge on any atom is 0.161 e. The van der Waals surface area contributed by atoms with E-state index >= 15 is 0 Å². The van der Waals surface area contributed by atoms with Gasteiger partial charge in [0.2, 0.25) is 0 Å². The van der Waals surface area contributed by atoms with Gasteiger partial charge in [0.05, 0.1) is 5.60 Å². The van der Waals surface area contributed by atoms with Crippen LogP contribution in [0.15, 0.2) is 0 Å². The Kier molecular flexibility index (Phi) is 4.49. The number of fused-ring (bicyclic) bond motifs is 5. The molecule has 8 atom stereocenters. The molecule has 3 nitrogen and oxygen atoms in total. The molecular formula is C20H31FO3. The number of alkyl halides is 1. The van der Waals surface area contributed by atoms with E-state index in [1.165, 1.54) is 12.8 Å². The number of ketones is 1. The van der Waals surface area contributed by atoms with Gasteiger partial charge in [0.25, 0.3) is 0 Å². The van der Waals surface area contributed by atoms with Crippen LogP contribution in [-0.4, -0.2) is 34.9 Å². The fourth-order valence-corrected chi connectivity index (χ4v) is 7.26. The van der Waals surface area contributed by atoms with E-state index in [1.807, 2.05) is 0 Å². The van der Waals surface area contributed by atoms with Gasteiger partial charge in [-0.15, -0.1) is 0 Å². The molecule has 0 aromatic heterocycles. The van der Waals surface area contributed by atoms with Crippen LogP contribution in [0, 0.1) is 41.4 Å². The van der Waals surface area contributed by atoms with Gasteiger partial charge in [0, 0.05) is 5.92 Å². The Bertz CT molecular complexity index is 495. The highest BCUT2D eigenvalue weighted by Gasteiger charge is 2.54. The van der Waals surface area contributed by atoms with Gasteiger partial charge < -0.3 is 10.2 Å². The summed E-state index contributed by atoms with van der Waals surface area (Å²) in [6, 6.07) is 0. The SMILES string of the molecule is O=C(CO)[C@H]1CC[C@H]2[C@@H]3CC[C@@H]4C[C@@](O)(CF)CC[C@@H]4[C@H]3CC[C@@H]21. The van der Waals surface area contributed by atoms with Gasteiger partial charge >= 0.3 is 0 Å². The average molecular weight is 338 g/mol. The van der Waals surface area contributed by atoms with Crippen LogP contribution in [0.3, 0.4) is 0 Å². The molecule has 0 heterocycles. The van der Waals surface area contributed by atoms with Gasteiger partial charge in [-0.3, -0.25) is 4.79 Å². The van der Waals surface area contributed by atoms with Crippen molar-refractivity contribution < 1.29 is 19.4 Å². The van der Waals surface area contributed by atoms with E-state index < -0.39 is 12.3 Å². The first-order chi connectivity index (χ1) is 11.6. The molecule has 24 heavy (non-hydrogen) atoms. The Hall–Kier alpha value is -0.480. The monoisotopic (exact) mass is 338 g/mol. The predicted octanol–water partition coefficient (Wildman–Crippen LogP) is 3.13. The molecule has 4 heteroatoms. The highest BCUT2D eigenvalue weighted by Crippen LogP contribution is 2.59. The summed E-state index contributed by atoms with van der Waals surface area (Å²) in [5, 5.41) is 19.6. The number of Topliss-reactive ketones (excluding diaryl/α,β-unsaturated/α-hetero) is 1. The summed E-state index contributed by atoms with van der Waals surface area (Å²) < 4.78 is 13.2. The van der Waals surface area contributed by atoms with E-state index in [2.05, 4.69) is 0 Å². The van der Waals surface area contributed by atoms with E-state index in [1.54, 1.807) is 0 Å². The van der Waals surface area contributed by atoms with E-state index in [0.29, 0.717) is 36.5 Å². The second-order valence-electron chi connectivity index (χ2n) is 9.14. The molecule has 0 bridgehead atoms. The minimum Gasteiger partial charge on any atom is -0.389 e. The van der Waals surface area contributed by atoms with Gasteiger partial charge in [-0.1, -0.05) is 0 Å². The summed E-state index contributed by atoms with van der Waals surface area (Å²) in [5.74, 6) is 3.90. The second-order valence-corrected chi connectivity index (χ2v) is 9.14. The van der Waals surface area contributed by atoms with Crippen LogP contribution >= 0.6 is 0 Å². The first kappa shape index (κ1) is 17.0. The molecule has 4 aliphatic rings. The minimum absolute atomic E-state index is 0.0558. The normalized spacial score (nSPS) is 50.7. The van der Waals surface area contributed by atoms with Gasteiger partial charge in [0.1, 0.15) is 13.3 Å². The maximum atomic E-state index is 13.2. The third-order valence-electron chi connectivity index (χ3n) is 8.24. The topological polar surface area (TPSA) is 57.5 Å². The van der Waals surface area contributed by atoms with Crippen LogP contribution in [0.4, 0.5) is 4.39 Å². The van der Waals surface area contributed by atoms with Gasteiger partial charge in [0.15, 0.2) is 5.78 Å². The third kappa shape index (κ3) is 2.65. The summed E-state index contributed by atoms with van der Waals surface area (Å²) in [7, 11) is 0. The van der Waals surface area contributed by atoms with Crippen LogP contribution in [0.5, 0.6) is 0 Å². The number of aliphatic hydroxyl groups is 2. The smallest absolute Gasteiger partial charge is 0.161 e. The minimum atomic E-state index is -1.06. The molecule has 2 N–H and O–H groups in total. The summed E-state index contributed by atoms with van der Waals surface area (Å²) >= 11 is 0. The average Bonchev–Trinajstić information content (AvgIpc) is 3.04. The maximum absolute atomic E-state index is 13.2. The van der Waals surface area contributed by atoms with E-state index in [0.717, 1.165) is 43.9 Å². The van der Waals surface area contributed by atoms with Gasteiger partial charge in [-0.05, 0) is 93.3 Å².